The van der Waals surface area contributed by atoms with Gasteiger partial charge in [0.1, 0.15) is 0 Å². The highest BCUT2D eigenvalue weighted by Gasteiger charge is 2.35. The summed E-state index contributed by atoms with van der Waals surface area (Å²) in [4.78, 5) is 0. The molecule has 0 aromatic rings. The molecule has 64 valence electrons. The number of hydrogen-bond acceptors (Lipinski definition) is 2. The molecular weight excluding hydrogens is 138 g/mol. The molecule has 0 radical (unpaired) electrons. The Balaban J connectivity index is 2.00. The van der Waals surface area contributed by atoms with Gasteiger partial charge in [-0.05, 0) is 37.1 Å². The largest absolute Gasteiger partial charge is 0.396 e. The summed E-state index contributed by atoms with van der Waals surface area (Å²) in [5.74, 6) is 2.26. The van der Waals surface area contributed by atoms with Crippen molar-refractivity contribution in [3.05, 3.63) is 0 Å². The van der Waals surface area contributed by atoms with Crippen molar-refractivity contribution in [2.24, 2.45) is 17.8 Å². The molecule has 2 heteroatoms. The lowest BCUT2D eigenvalue weighted by Gasteiger charge is -2.33. The standard InChI is InChI=1S/C9H17NO/c11-6-8-5-10-4-7-2-1-3-9(7)8/h7-11H,1-6H2/t7-,8?,9-/m1/s1. The predicted molar refractivity (Wildman–Crippen MR) is 44.3 cm³/mol. The van der Waals surface area contributed by atoms with Crippen LogP contribution in [0.25, 0.3) is 0 Å². The van der Waals surface area contributed by atoms with Crippen LogP contribution in [-0.4, -0.2) is 24.8 Å². The Morgan fingerprint density at radius 1 is 1.27 bits per heavy atom. The summed E-state index contributed by atoms with van der Waals surface area (Å²) >= 11 is 0. The van der Waals surface area contributed by atoms with Crippen LogP contribution in [0.3, 0.4) is 0 Å². The van der Waals surface area contributed by atoms with E-state index >= 15 is 0 Å². The molecule has 1 heterocycles. The number of piperidine rings is 1. The molecule has 2 rings (SSSR count). The predicted octanol–water partition coefficient (Wildman–Crippen LogP) is 0.614. The van der Waals surface area contributed by atoms with Crippen molar-refractivity contribution in [2.45, 2.75) is 19.3 Å². The molecule has 0 amide bonds. The van der Waals surface area contributed by atoms with Crippen LogP contribution in [0.2, 0.25) is 0 Å². The first-order valence-electron chi connectivity index (χ1n) is 4.73. The Kier molecular flexibility index (Phi) is 2.14. The average Bonchev–Trinajstić information content (AvgIpc) is 2.50. The molecule has 1 aliphatic heterocycles. The average molecular weight is 155 g/mol. The van der Waals surface area contributed by atoms with E-state index in [1.807, 2.05) is 0 Å². The topological polar surface area (TPSA) is 32.3 Å². The van der Waals surface area contributed by atoms with Crippen molar-refractivity contribution in [2.75, 3.05) is 19.7 Å². The lowest BCUT2D eigenvalue weighted by molar-refractivity contribution is 0.120. The minimum Gasteiger partial charge on any atom is -0.396 e. The number of hydrogen-bond donors (Lipinski definition) is 2. The van der Waals surface area contributed by atoms with E-state index < -0.39 is 0 Å². The smallest absolute Gasteiger partial charge is 0.0474 e. The lowest BCUT2D eigenvalue weighted by atomic mass is 9.81. The maximum atomic E-state index is 9.10. The zero-order valence-corrected chi connectivity index (χ0v) is 6.92. The first kappa shape index (κ1) is 7.56. The monoisotopic (exact) mass is 155 g/mol. The van der Waals surface area contributed by atoms with E-state index in [1.165, 1.54) is 25.8 Å². The lowest BCUT2D eigenvalue weighted by Crippen LogP contribution is -2.42. The van der Waals surface area contributed by atoms with Crippen molar-refractivity contribution in [3.63, 3.8) is 0 Å². The van der Waals surface area contributed by atoms with Crippen LogP contribution in [0.15, 0.2) is 0 Å². The molecule has 0 aromatic heterocycles. The third-order valence-corrected chi connectivity index (χ3v) is 3.37. The number of aliphatic hydroxyl groups is 1. The van der Waals surface area contributed by atoms with Gasteiger partial charge in [-0.25, -0.2) is 0 Å². The number of aliphatic hydroxyl groups excluding tert-OH is 1. The van der Waals surface area contributed by atoms with Gasteiger partial charge in [-0.1, -0.05) is 6.42 Å². The number of nitrogens with one attached hydrogen (secondary N) is 1. The van der Waals surface area contributed by atoms with E-state index in [1.54, 1.807) is 0 Å². The van der Waals surface area contributed by atoms with Crippen molar-refractivity contribution in [3.8, 4) is 0 Å². The second-order valence-corrected chi connectivity index (χ2v) is 3.96. The first-order valence-corrected chi connectivity index (χ1v) is 4.73. The van der Waals surface area contributed by atoms with Crippen molar-refractivity contribution in [1.82, 2.24) is 5.32 Å². The fourth-order valence-electron chi connectivity index (χ4n) is 2.75. The van der Waals surface area contributed by atoms with Gasteiger partial charge in [-0.2, -0.15) is 0 Å². The highest BCUT2D eigenvalue weighted by molar-refractivity contribution is 4.88. The molecule has 2 aliphatic rings. The zero-order valence-electron chi connectivity index (χ0n) is 6.92. The van der Waals surface area contributed by atoms with Crippen molar-refractivity contribution in [1.29, 1.82) is 0 Å². The van der Waals surface area contributed by atoms with E-state index in [-0.39, 0.29) is 0 Å². The molecule has 2 N–H and O–H groups in total. The summed E-state index contributed by atoms with van der Waals surface area (Å²) in [6.07, 6.45) is 4.12. The fraction of sp³-hybridized carbons (Fsp3) is 1.00. The van der Waals surface area contributed by atoms with E-state index in [2.05, 4.69) is 5.32 Å². The Morgan fingerprint density at radius 3 is 3.00 bits per heavy atom. The molecule has 0 bridgehead atoms. The van der Waals surface area contributed by atoms with Crippen LogP contribution in [0.5, 0.6) is 0 Å². The molecule has 3 atom stereocenters. The Hall–Kier alpha value is -0.0800. The summed E-state index contributed by atoms with van der Waals surface area (Å²) in [7, 11) is 0. The van der Waals surface area contributed by atoms with Gasteiger partial charge in [0.2, 0.25) is 0 Å². The molecule has 1 saturated heterocycles. The van der Waals surface area contributed by atoms with Gasteiger partial charge in [0, 0.05) is 13.2 Å². The van der Waals surface area contributed by atoms with Crippen LogP contribution in [-0.2, 0) is 0 Å². The van der Waals surface area contributed by atoms with Crippen molar-refractivity contribution >= 4 is 0 Å². The van der Waals surface area contributed by atoms with Gasteiger partial charge in [0.05, 0.1) is 0 Å². The Morgan fingerprint density at radius 2 is 2.18 bits per heavy atom. The highest BCUT2D eigenvalue weighted by atomic mass is 16.3. The molecule has 0 aromatic carbocycles. The quantitative estimate of drug-likeness (QED) is 0.581. The Labute approximate surface area is 68.0 Å². The van der Waals surface area contributed by atoms with Gasteiger partial charge < -0.3 is 10.4 Å². The second kappa shape index (κ2) is 3.11. The second-order valence-electron chi connectivity index (χ2n) is 3.96. The van der Waals surface area contributed by atoms with Crippen LogP contribution >= 0.6 is 0 Å². The highest BCUT2D eigenvalue weighted by Crippen LogP contribution is 2.38. The van der Waals surface area contributed by atoms with Crippen LogP contribution in [0.1, 0.15) is 19.3 Å². The SMILES string of the molecule is OCC1CNC[C@H]2CCC[C@@H]12. The molecule has 2 nitrogen and oxygen atoms in total. The third kappa shape index (κ3) is 1.30. The molecular formula is C9H17NO. The van der Waals surface area contributed by atoms with E-state index in [4.69, 9.17) is 5.11 Å². The summed E-state index contributed by atoms with van der Waals surface area (Å²) in [6, 6.07) is 0. The van der Waals surface area contributed by atoms with Gasteiger partial charge >= 0.3 is 0 Å². The van der Waals surface area contributed by atoms with E-state index in [0.717, 1.165) is 18.4 Å². The minimum absolute atomic E-state index is 0.383. The summed E-state index contributed by atoms with van der Waals surface area (Å²) in [5, 5.41) is 12.5. The maximum Gasteiger partial charge on any atom is 0.0474 e. The molecule has 2 fully saturated rings. The van der Waals surface area contributed by atoms with E-state index in [0.29, 0.717) is 12.5 Å². The van der Waals surface area contributed by atoms with Gasteiger partial charge in [0.15, 0.2) is 0 Å². The molecule has 0 spiro atoms. The number of rotatable bonds is 1. The summed E-state index contributed by atoms with van der Waals surface area (Å²) < 4.78 is 0. The normalized spacial score (nSPS) is 43.9. The summed E-state index contributed by atoms with van der Waals surface area (Å²) in [5.41, 5.74) is 0. The van der Waals surface area contributed by atoms with Gasteiger partial charge in [-0.3, -0.25) is 0 Å². The maximum absolute atomic E-state index is 9.10. The molecule has 1 saturated carbocycles. The molecule has 11 heavy (non-hydrogen) atoms. The van der Waals surface area contributed by atoms with Crippen LogP contribution in [0, 0.1) is 17.8 Å². The number of fused-ring (bicyclic) bond motifs is 1. The zero-order chi connectivity index (χ0) is 7.68. The van der Waals surface area contributed by atoms with Crippen LogP contribution in [0.4, 0.5) is 0 Å². The van der Waals surface area contributed by atoms with Crippen LogP contribution < -0.4 is 5.32 Å². The summed E-state index contributed by atoms with van der Waals surface area (Å²) in [6.45, 7) is 2.62. The van der Waals surface area contributed by atoms with Crippen molar-refractivity contribution < 1.29 is 5.11 Å². The fourth-order valence-corrected chi connectivity index (χ4v) is 2.75. The molecule has 1 aliphatic carbocycles. The Bertz CT molecular complexity index is 138. The third-order valence-electron chi connectivity index (χ3n) is 3.37. The first-order chi connectivity index (χ1) is 5.42. The van der Waals surface area contributed by atoms with Gasteiger partial charge in [0.25, 0.3) is 0 Å². The van der Waals surface area contributed by atoms with E-state index in [9.17, 15) is 0 Å². The van der Waals surface area contributed by atoms with Gasteiger partial charge in [-0.15, -0.1) is 0 Å². The minimum atomic E-state index is 0.383. The molecule has 1 unspecified atom stereocenters.